The first-order chi connectivity index (χ1) is 12.0. The van der Waals surface area contributed by atoms with Crippen LogP contribution in [-0.4, -0.2) is 0 Å². The summed E-state index contributed by atoms with van der Waals surface area (Å²) in [5.41, 5.74) is 0. The topological polar surface area (TPSA) is 0 Å². The molecule has 0 unspecified atom stereocenters. The summed E-state index contributed by atoms with van der Waals surface area (Å²) in [4.78, 5) is 0. The van der Waals surface area contributed by atoms with Crippen LogP contribution in [0.5, 0.6) is 0 Å². The first kappa shape index (κ1) is 50.5. The molecule has 0 heterocycles. The van der Waals surface area contributed by atoms with Gasteiger partial charge in [-0.1, -0.05) is 83.1 Å². The molecule has 0 aliphatic carbocycles. The molecule has 0 aliphatic rings. The fourth-order valence-corrected chi connectivity index (χ4v) is 0.684. The van der Waals surface area contributed by atoms with E-state index in [0.29, 0.717) is 0 Å². The molecule has 2 aromatic rings. The van der Waals surface area contributed by atoms with Crippen LogP contribution in [0.15, 0.2) is 60.7 Å². The maximum atomic E-state index is 2.89. The molecule has 2 heteroatoms. The fourth-order valence-electron chi connectivity index (χ4n) is 0.684. The summed E-state index contributed by atoms with van der Waals surface area (Å²) in [6.07, 6.45) is 0. The Bertz CT molecular complexity index is 188. The summed E-state index contributed by atoms with van der Waals surface area (Å²) in [5, 5.41) is 0. The molecule has 0 spiro atoms. The van der Waals surface area contributed by atoms with Gasteiger partial charge in [0.25, 0.3) is 0 Å². The largest absolute Gasteiger partial charge is 1.00 e. The van der Waals surface area contributed by atoms with E-state index in [-0.39, 0.29) is 72.4 Å². The molecular formula is C24H46KW-. The number of rotatable bonds is 0. The van der Waals surface area contributed by atoms with Gasteiger partial charge in [0.1, 0.15) is 0 Å². The van der Waals surface area contributed by atoms with E-state index in [2.05, 4.69) is 12.1 Å². The third-order valence-electron chi connectivity index (χ3n) is 1.21. The number of benzene rings is 2. The van der Waals surface area contributed by atoms with Crippen LogP contribution in [-0.2, 0) is 21.1 Å². The van der Waals surface area contributed by atoms with Crippen LogP contribution >= 0.6 is 0 Å². The van der Waals surface area contributed by atoms with Crippen LogP contribution in [0.3, 0.4) is 0 Å². The van der Waals surface area contributed by atoms with E-state index in [1.807, 2.05) is 144 Å². The molecule has 0 atom stereocenters. The van der Waals surface area contributed by atoms with Gasteiger partial charge < -0.3 is 0 Å². The molecule has 0 nitrogen and oxygen atoms in total. The second kappa shape index (κ2) is 97.0. The average Bonchev–Trinajstić information content (AvgIpc) is 2.79. The zero-order valence-electron chi connectivity index (χ0n) is 20.2. The Hall–Kier alpha value is 0.765. The van der Waals surface area contributed by atoms with E-state index in [0.717, 1.165) is 0 Å². The van der Waals surface area contributed by atoms with Crippen molar-refractivity contribution in [3.8, 4) is 0 Å². The summed E-state index contributed by atoms with van der Waals surface area (Å²) in [5.74, 6) is 0. The maximum absolute atomic E-state index is 2.89. The van der Waals surface area contributed by atoms with Crippen molar-refractivity contribution in [1.82, 2.24) is 0 Å². The van der Waals surface area contributed by atoms with Crippen LogP contribution in [0.2, 0.25) is 0 Å². The summed E-state index contributed by atoms with van der Waals surface area (Å²) >= 11 is 0. The van der Waals surface area contributed by atoms with Crippen molar-refractivity contribution < 1.29 is 72.4 Å². The minimum absolute atomic E-state index is 0. The normalized spacial score (nSPS) is 5.08. The van der Waals surface area contributed by atoms with Crippen molar-refractivity contribution in [3.05, 3.63) is 72.8 Å². The fraction of sp³-hybridized carbons (Fsp3) is 0.500. The first-order valence-corrected chi connectivity index (χ1v) is 9.82. The van der Waals surface area contributed by atoms with E-state index in [9.17, 15) is 0 Å². The third-order valence-corrected chi connectivity index (χ3v) is 1.21. The average molecular weight is 558 g/mol. The molecule has 150 valence electrons. The predicted molar refractivity (Wildman–Crippen MR) is 119 cm³/mol. The van der Waals surface area contributed by atoms with Gasteiger partial charge in [-0.3, -0.25) is 0 Å². The first-order valence-electron chi connectivity index (χ1n) is 9.82. The van der Waals surface area contributed by atoms with Gasteiger partial charge in [0.15, 0.2) is 0 Å². The Balaban J connectivity index is -0.0000000255. The van der Waals surface area contributed by atoms with Crippen LogP contribution in [0.25, 0.3) is 0 Å². The molecular weight excluding hydrogens is 511 g/mol. The van der Waals surface area contributed by atoms with Crippen molar-refractivity contribution in [2.24, 2.45) is 0 Å². The second-order valence-corrected chi connectivity index (χ2v) is 2.15. The molecule has 0 radical (unpaired) electrons. The maximum Gasteiger partial charge on any atom is 1.00 e. The van der Waals surface area contributed by atoms with Gasteiger partial charge in [-0.2, -0.15) is 72.8 Å². The van der Waals surface area contributed by atoms with Gasteiger partial charge in [0, 0.05) is 21.1 Å². The van der Waals surface area contributed by atoms with Crippen molar-refractivity contribution in [3.63, 3.8) is 0 Å². The van der Waals surface area contributed by atoms with Crippen molar-refractivity contribution in [2.45, 2.75) is 83.1 Å². The predicted octanol–water partition coefficient (Wildman–Crippen LogP) is 6.13. The van der Waals surface area contributed by atoms with E-state index >= 15 is 0 Å². The summed E-state index contributed by atoms with van der Waals surface area (Å²) in [6.45, 7) is 24.0. The van der Waals surface area contributed by atoms with Crippen LogP contribution in [0, 0.1) is 12.1 Å². The minimum Gasteiger partial charge on any atom is -0.184 e. The number of hydrogen-bond donors (Lipinski definition) is 0. The number of hydrogen-bond acceptors (Lipinski definition) is 0. The molecule has 0 fully saturated rings. The zero-order chi connectivity index (χ0) is 20.5. The van der Waals surface area contributed by atoms with Gasteiger partial charge >= 0.3 is 51.4 Å². The van der Waals surface area contributed by atoms with Gasteiger partial charge in [0.05, 0.1) is 0 Å². The molecule has 0 N–H and O–H groups in total. The Morgan fingerprint density at radius 2 is 0.500 bits per heavy atom. The second-order valence-electron chi connectivity index (χ2n) is 2.15. The van der Waals surface area contributed by atoms with E-state index in [1.54, 1.807) is 0 Å². The van der Waals surface area contributed by atoms with Crippen LogP contribution in [0.1, 0.15) is 83.1 Å². The summed E-state index contributed by atoms with van der Waals surface area (Å²) < 4.78 is 0. The molecule has 0 amide bonds. The Labute approximate surface area is 225 Å². The SMILES string of the molecule is CC.CC.CC.CC.CC.CC.[K+].[W].[c-]1ccccc1.[c-]1ccccc1. The molecule has 2 aromatic carbocycles. The quantitative estimate of drug-likeness (QED) is 0.270. The molecule has 0 saturated carbocycles. The van der Waals surface area contributed by atoms with Crippen LogP contribution in [0.4, 0.5) is 0 Å². The molecule has 2 rings (SSSR count). The van der Waals surface area contributed by atoms with E-state index in [4.69, 9.17) is 0 Å². The van der Waals surface area contributed by atoms with Crippen LogP contribution < -0.4 is 51.4 Å². The minimum atomic E-state index is 0. The third kappa shape index (κ3) is 85.8. The smallest absolute Gasteiger partial charge is 0.184 e. The monoisotopic (exact) mass is 557 g/mol. The summed E-state index contributed by atoms with van der Waals surface area (Å²) in [7, 11) is 0. The Morgan fingerprint density at radius 3 is 0.538 bits per heavy atom. The van der Waals surface area contributed by atoms with Gasteiger partial charge in [-0.15, -0.1) is 0 Å². The Morgan fingerprint density at radius 1 is 0.346 bits per heavy atom. The summed E-state index contributed by atoms with van der Waals surface area (Å²) in [6, 6.07) is 25.0. The van der Waals surface area contributed by atoms with Gasteiger partial charge in [0.2, 0.25) is 0 Å². The van der Waals surface area contributed by atoms with E-state index < -0.39 is 0 Å². The molecule has 26 heavy (non-hydrogen) atoms. The standard InChI is InChI=1S/2C6H5.6C2H6.K.W/c2*1-2-4-6-5-3-1;6*1-2;;/h2*1-5H;6*1-2H3;;/q2*-1;;;;;;;+1;. The van der Waals surface area contributed by atoms with Crippen molar-refractivity contribution >= 4 is 0 Å². The zero-order valence-corrected chi connectivity index (χ0v) is 26.2. The van der Waals surface area contributed by atoms with Gasteiger partial charge in [-0.25, -0.2) is 0 Å². The van der Waals surface area contributed by atoms with Gasteiger partial charge in [-0.05, 0) is 0 Å². The molecule has 0 aromatic heterocycles. The molecule has 0 aliphatic heterocycles. The molecule has 0 saturated heterocycles. The van der Waals surface area contributed by atoms with E-state index in [1.165, 1.54) is 0 Å². The molecule has 0 bridgehead atoms. The van der Waals surface area contributed by atoms with Crippen molar-refractivity contribution in [2.75, 3.05) is 0 Å². The Kier molecular flexibility index (Phi) is 188. The van der Waals surface area contributed by atoms with Crippen molar-refractivity contribution in [1.29, 1.82) is 0 Å².